The quantitative estimate of drug-likeness (QED) is 0.852. The molecule has 18 heavy (non-hydrogen) atoms. The maximum absolute atomic E-state index is 12.1. The molecular formula is C11H15F2NO3S. The zero-order chi connectivity index (χ0) is 14.1. The van der Waals surface area contributed by atoms with Crippen LogP contribution in [0, 0.1) is 0 Å². The van der Waals surface area contributed by atoms with E-state index >= 15 is 0 Å². The number of alkyl halides is 2. The minimum atomic E-state index is -3.56. The summed E-state index contributed by atoms with van der Waals surface area (Å²) in [5.74, 6) is -0.265. The third-order valence-corrected chi connectivity index (χ3v) is 3.27. The molecule has 102 valence electrons. The molecule has 0 saturated heterocycles. The van der Waals surface area contributed by atoms with Gasteiger partial charge in [0.05, 0.1) is 16.8 Å². The summed E-state index contributed by atoms with van der Waals surface area (Å²) < 4.78 is 51.6. The molecule has 0 amide bonds. The third kappa shape index (κ3) is 3.63. The SMILES string of the molecule is CC(C)(C)c1ncc(OC(F)F)cc1S(C)(=O)=O. The Hall–Kier alpha value is -1.24. The summed E-state index contributed by atoms with van der Waals surface area (Å²) >= 11 is 0. The number of pyridine rings is 1. The molecule has 0 radical (unpaired) electrons. The predicted octanol–water partition coefficient (Wildman–Crippen LogP) is 2.38. The molecule has 0 unspecified atom stereocenters. The number of sulfone groups is 1. The van der Waals surface area contributed by atoms with Gasteiger partial charge in [-0.3, -0.25) is 4.98 Å². The van der Waals surface area contributed by atoms with Gasteiger partial charge < -0.3 is 4.74 Å². The zero-order valence-corrected chi connectivity index (χ0v) is 11.4. The molecular weight excluding hydrogens is 264 g/mol. The minimum Gasteiger partial charge on any atom is -0.433 e. The fraction of sp³-hybridized carbons (Fsp3) is 0.545. The van der Waals surface area contributed by atoms with Crippen LogP contribution in [-0.4, -0.2) is 26.3 Å². The summed E-state index contributed by atoms with van der Waals surface area (Å²) in [5.41, 5.74) is -0.187. The van der Waals surface area contributed by atoms with Gasteiger partial charge in [-0.05, 0) is 0 Å². The molecule has 7 heteroatoms. The van der Waals surface area contributed by atoms with Crippen LogP contribution >= 0.6 is 0 Å². The highest BCUT2D eigenvalue weighted by atomic mass is 32.2. The first kappa shape index (κ1) is 14.8. The Kier molecular flexibility index (Phi) is 3.95. The van der Waals surface area contributed by atoms with Gasteiger partial charge in [-0.15, -0.1) is 0 Å². The summed E-state index contributed by atoms with van der Waals surface area (Å²) in [7, 11) is -3.56. The normalized spacial score (nSPS) is 12.8. The van der Waals surface area contributed by atoms with Gasteiger partial charge in [-0.2, -0.15) is 8.78 Å². The number of hydrogen-bond acceptors (Lipinski definition) is 4. The fourth-order valence-corrected chi connectivity index (χ4v) is 2.48. The summed E-state index contributed by atoms with van der Waals surface area (Å²) in [6.45, 7) is 2.35. The van der Waals surface area contributed by atoms with E-state index in [1.54, 1.807) is 20.8 Å². The summed E-state index contributed by atoms with van der Waals surface area (Å²) in [5, 5.41) is 0. The van der Waals surface area contributed by atoms with E-state index in [-0.39, 0.29) is 10.6 Å². The number of hydrogen-bond donors (Lipinski definition) is 0. The average Bonchev–Trinajstić information content (AvgIpc) is 2.13. The van der Waals surface area contributed by atoms with Crippen LogP contribution in [0.25, 0.3) is 0 Å². The van der Waals surface area contributed by atoms with Crippen molar-refractivity contribution < 1.29 is 21.9 Å². The molecule has 0 aliphatic carbocycles. The van der Waals surface area contributed by atoms with Crippen molar-refractivity contribution >= 4 is 9.84 Å². The number of nitrogens with zero attached hydrogens (tertiary/aromatic N) is 1. The van der Waals surface area contributed by atoms with Gasteiger partial charge >= 0.3 is 6.61 Å². The maximum Gasteiger partial charge on any atom is 0.387 e. The topological polar surface area (TPSA) is 56.3 Å². The lowest BCUT2D eigenvalue weighted by Crippen LogP contribution is -2.19. The Labute approximate surface area is 105 Å². The van der Waals surface area contributed by atoms with Gasteiger partial charge in [0.1, 0.15) is 5.75 Å². The number of halogens is 2. The number of ether oxygens (including phenoxy) is 1. The number of rotatable bonds is 3. The molecule has 1 rings (SSSR count). The first-order valence-electron chi connectivity index (χ1n) is 5.17. The fourth-order valence-electron chi connectivity index (χ4n) is 1.44. The van der Waals surface area contributed by atoms with E-state index in [9.17, 15) is 17.2 Å². The van der Waals surface area contributed by atoms with Crippen LogP contribution in [-0.2, 0) is 15.3 Å². The Morgan fingerprint density at radius 2 is 1.89 bits per heavy atom. The second kappa shape index (κ2) is 4.79. The minimum absolute atomic E-state index is 0.0897. The Morgan fingerprint density at radius 3 is 2.28 bits per heavy atom. The molecule has 0 fully saturated rings. The van der Waals surface area contributed by atoms with Crippen molar-refractivity contribution in [2.75, 3.05) is 6.26 Å². The Bertz CT molecular complexity index is 536. The third-order valence-electron chi connectivity index (χ3n) is 2.16. The van der Waals surface area contributed by atoms with E-state index < -0.39 is 21.9 Å². The standard InChI is InChI=1S/C11H15F2NO3S/c1-11(2,3)9-8(18(4,15)16)5-7(6-14-9)17-10(12)13/h5-6,10H,1-4H3. The van der Waals surface area contributed by atoms with Crippen LogP contribution in [0.2, 0.25) is 0 Å². The largest absolute Gasteiger partial charge is 0.433 e. The molecule has 0 aliphatic heterocycles. The van der Waals surface area contributed by atoms with Gasteiger partial charge in [0, 0.05) is 17.7 Å². The summed E-state index contributed by atoms with van der Waals surface area (Å²) in [4.78, 5) is 3.84. The van der Waals surface area contributed by atoms with Crippen molar-refractivity contribution in [3.05, 3.63) is 18.0 Å². The second-order valence-corrected chi connectivity index (χ2v) is 6.90. The molecule has 4 nitrogen and oxygen atoms in total. The predicted molar refractivity (Wildman–Crippen MR) is 62.7 cm³/mol. The van der Waals surface area contributed by atoms with E-state index in [1.165, 1.54) is 0 Å². The smallest absolute Gasteiger partial charge is 0.387 e. The van der Waals surface area contributed by atoms with E-state index in [4.69, 9.17) is 0 Å². The summed E-state index contributed by atoms with van der Waals surface area (Å²) in [6, 6.07) is 1.08. The van der Waals surface area contributed by atoms with E-state index in [2.05, 4.69) is 9.72 Å². The van der Waals surface area contributed by atoms with Gasteiger partial charge in [-0.25, -0.2) is 8.42 Å². The molecule has 0 bridgehead atoms. The van der Waals surface area contributed by atoms with Crippen molar-refractivity contribution in [1.82, 2.24) is 4.98 Å². The monoisotopic (exact) mass is 279 g/mol. The average molecular weight is 279 g/mol. The lowest BCUT2D eigenvalue weighted by atomic mass is 9.91. The van der Waals surface area contributed by atoms with Gasteiger partial charge in [0.2, 0.25) is 0 Å². The first-order valence-corrected chi connectivity index (χ1v) is 7.06. The van der Waals surface area contributed by atoms with Crippen LogP contribution in [0.5, 0.6) is 5.75 Å². The maximum atomic E-state index is 12.1. The van der Waals surface area contributed by atoms with Gasteiger partial charge in [0.25, 0.3) is 0 Å². The van der Waals surface area contributed by atoms with Crippen LogP contribution < -0.4 is 4.74 Å². The highest BCUT2D eigenvalue weighted by molar-refractivity contribution is 7.90. The molecule has 1 heterocycles. The molecule has 0 atom stereocenters. The van der Waals surface area contributed by atoms with Gasteiger partial charge in [-0.1, -0.05) is 20.8 Å². The second-order valence-electron chi connectivity index (χ2n) is 4.92. The number of aromatic nitrogens is 1. The van der Waals surface area contributed by atoms with Crippen LogP contribution in [0.4, 0.5) is 8.78 Å². The van der Waals surface area contributed by atoms with Crippen LogP contribution in [0.15, 0.2) is 17.2 Å². The molecule has 0 saturated carbocycles. The van der Waals surface area contributed by atoms with Crippen molar-refractivity contribution in [1.29, 1.82) is 0 Å². The molecule has 0 aliphatic rings. The first-order chi connectivity index (χ1) is 8.01. The molecule has 0 N–H and O–H groups in total. The highest BCUT2D eigenvalue weighted by Gasteiger charge is 2.25. The van der Waals surface area contributed by atoms with Crippen molar-refractivity contribution in [2.24, 2.45) is 0 Å². The van der Waals surface area contributed by atoms with Crippen molar-refractivity contribution in [2.45, 2.75) is 37.7 Å². The van der Waals surface area contributed by atoms with E-state index in [1.807, 2.05) is 0 Å². The van der Waals surface area contributed by atoms with Crippen LogP contribution in [0.1, 0.15) is 26.5 Å². The van der Waals surface area contributed by atoms with Crippen molar-refractivity contribution in [3.8, 4) is 5.75 Å². The zero-order valence-electron chi connectivity index (χ0n) is 10.6. The van der Waals surface area contributed by atoms with Crippen molar-refractivity contribution in [3.63, 3.8) is 0 Å². The van der Waals surface area contributed by atoms with E-state index in [0.717, 1.165) is 18.5 Å². The van der Waals surface area contributed by atoms with E-state index in [0.29, 0.717) is 5.69 Å². The lowest BCUT2D eigenvalue weighted by molar-refractivity contribution is -0.0502. The van der Waals surface area contributed by atoms with Gasteiger partial charge in [0.15, 0.2) is 9.84 Å². The van der Waals surface area contributed by atoms with Crippen LogP contribution in [0.3, 0.4) is 0 Å². The molecule has 1 aromatic rings. The highest BCUT2D eigenvalue weighted by Crippen LogP contribution is 2.29. The molecule has 0 aromatic carbocycles. The summed E-state index contributed by atoms with van der Waals surface area (Å²) in [6.07, 6.45) is 2.10. The Balaban J connectivity index is 3.40. The Morgan fingerprint density at radius 1 is 1.33 bits per heavy atom. The molecule has 1 aromatic heterocycles. The lowest BCUT2D eigenvalue weighted by Gasteiger charge is -2.21. The molecule has 0 spiro atoms.